The van der Waals surface area contributed by atoms with Gasteiger partial charge in [-0.3, -0.25) is 4.79 Å². The second kappa shape index (κ2) is 8.77. The molecule has 0 spiro atoms. The van der Waals surface area contributed by atoms with Crippen LogP contribution in [0.5, 0.6) is 0 Å². The number of benzene rings is 2. The minimum Gasteiger partial charge on any atom is -0.336 e. The van der Waals surface area contributed by atoms with Crippen LogP contribution in [0.4, 0.5) is 13.2 Å². The molecule has 0 aromatic heterocycles. The number of nitrogens with zero attached hydrogens (tertiary/aromatic N) is 1. The standard InChI is InChI=1S/C21H23F3N2O3S/c1-15-5-2-3-12-26(15)20(27)17-10-8-16(9-11-17)14-25-30(28,29)19-7-4-6-18(13-19)21(22,23)24/h4,6-11,13,15,25H,2-3,5,12,14H2,1H3. The number of carbonyl (C=O) groups is 1. The van der Waals surface area contributed by atoms with Gasteiger partial charge in [0.25, 0.3) is 5.91 Å². The van der Waals surface area contributed by atoms with Crippen molar-refractivity contribution in [2.75, 3.05) is 6.54 Å². The van der Waals surface area contributed by atoms with Crippen LogP contribution in [-0.4, -0.2) is 31.8 Å². The normalized spacial score (nSPS) is 17.7. The molecule has 9 heteroatoms. The third kappa shape index (κ3) is 5.20. The van der Waals surface area contributed by atoms with E-state index in [1.807, 2.05) is 11.8 Å². The fraction of sp³-hybridized carbons (Fsp3) is 0.381. The minimum absolute atomic E-state index is 0.0571. The quantitative estimate of drug-likeness (QED) is 0.758. The molecule has 1 aliphatic rings. The fourth-order valence-electron chi connectivity index (χ4n) is 3.43. The van der Waals surface area contributed by atoms with E-state index in [-0.39, 0.29) is 18.5 Å². The van der Waals surface area contributed by atoms with E-state index >= 15 is 0 Å². The van der Waals surface area contributed by atoms with Crippen LogP contribution >= 0.6 is 0 Å². The molecule has 30 heavy (non-hydrogen) atoms. The summed E-state index contributed by atoms with van der Waals surface area (Å²) in [7, 11) is -4.12. The van der Waals surface area contributed by atoms with Crippen LogP contribution in [0.3, 0.4) is 0 Å². The van der Waals surface area contributed by atoms with Gasteiger partial charge in [0.15, 0.2) is 0 Å². The van der Waals surface area contributed by atoms with E-state index in [0.717, 1.165) is 44.0 Å². The van der Waals surface area contributed by atoms with Gasteiger partial charge in [-0.15, -0.1) is 0 Å². The molecule has 1 saturated heterocycles. The van der Waals surface area contributed by atoms with Crippen molar-refractivity contribution in [2.45, 2.75) is 49.8 Å². The number of amides is 1. The Kier molecular flexibility index (Phi) is 6.52. The molecule has 1 unspecified atom stereocenters. The molecule has 1 aliphatic heterocycles. The Labute approximate surface area is 173 Å². The average molecular weight is 440 g/mol. The SMILES string of the molecule is CC1CCCCN1C(=O)c1ccc(CNS(=O)(=O)c2cccc(C(F)(F)F)c2)cc1. The van der Waals surface area contributed by atoms with Crippen molar-refractivity contribution in [2.24, 2.45) is 0 Å². The molecule has 1 fully saturated rings. The van der Waals surface area contributed by atoms with Crippen LogP contribution in [0.1, 0.15) is 47.7 Å². The Morgan fingerprint density at radius 2 is 1.83 bits per heavy atom. The average Bonchev–Trinajstić information content (AvgIpc) is 2.72. The van der Waals surface area contributed by atoms with Crippen LogP contribution in [0.2, 0.25) is 0 Å². The molecule has 0 bridgehead atoms. The maximum absolute atomic E-state index is 12.8. The Morgan fingerprint density at radius 3 is 2.47 bits per heavy atom. The van der Waals surface area contributed by atoms with Crippen LogP contribution in [0.25, 0.3) is 0 Å². The van der Waals surface area contributed by atoms with E-state index in [0.29, 0.717) is 17.2 Å². The number of carbonyl (C=O) groups excluding carboxylic acids is 1. The molecule has 1 atom stereocenters. The summed E-state index contributed by atoms with van der Waals surface area (Å²) in [5, 5.41) is 0. The van der Waals surface area contributed by atoms with Gasteiger partial charge in [0.2, 0.25) is 10.0 Å². The number of hydrogen-bond donors (Lipinski definition) is 1. The number of likely N-dealkylation sites (tertiary alicyclic amines) is 1. The summed E-state index contributed by atoms with van der Waals surface area (Å²) >= 11 is 0. The van der Waals surface area contributed by atoms with Gasteiger partial charge in [0.05, 0.1) is 10.5 Å². The summed E-state index contributed by atoms with van der Waals surface area (Å²) in [6.07, 6.45) is -1.57. The van der Waals surface area contributed by atoms with E-state index in [1.165, 1.54) is 0 Å². The second-order valence-electron chi connectivity index (χ2n) is 7.39. The molecule has 3 rings (SSSR count). The highest BCUT2D eigenvalue weighted by molar-refractivity contribution is 7.89. The maximum Gasteiger partial charge on any atom is 0.416 e. The number of hydrogen-bond acceptors (Lipinski definition) is 3. The lowest BCUT2D eigenvalue weighted by Crippen LogP contribution is -2.42. The minimum atomic E-state index is -4.63. The van der Waals surface area contributed by atoms with Gasteiger partial charge in [0, 0.05) is 24.7 Å². The summed E-state index contributed by atoms with van der Waals surface area (Å²) in [5.41, 5.74) is 0.0854. The highest BCUT2D eigenvalue weighted by atomic mass is 32.2. The molecule has 162 valence electrons. The highest BCUT2D eigenvalue weighted by Gasteiger charge is 2.31. The van der Waals surface area contributed by atoms with Crippen molar-refractivity contribution < 1.29 is 26.4 Å². The number of nitrogens with one attached hydrogen (secondary N) is 1. The Balaban J connectivity index is 1.67. The van der Waals surface area contributed by atoms with Crippen LogP contribution in [-0.2, 0) is 22.7 Å². The van der Waals surface area contributed by atoms with E-state index < -0.39 is 26.7 Å². The molecule has 1 heterocycles. The zero-order valence-corrected chi connectivity index (χ0v) is 17.3. The van der Waals surface area contributed by atoms with Crippen molar-refractivity contribution in [3.8, 4) is 0 Å². The van der Waals surface area contributed by atoms with Crippen molar-refractivity contribution in [1.82, 2.24) is 9.62 Å². The van der Waals surface area contributed by atoms with Crippen LogP contribution in [0.15, 0.2) is 53.4 Å². The van der Waals surface area contributed by atoms with Crippen molar-refractivity contribution >= 4 is 15.9 Å². The van der Waals surface area contributed by atoms with Gasteiger partial charge >= 0.3 is 6.18 Å². The summed E-state index contributed by atoms with van der Waals surface area (Å²) in [6, 6.07) is 10.3. The smallest absolute Gasteiger partial charge is 0.336 e. The van der Waals surface area contributed by atoms with Gasteiger partial charge in [-0.25, -0.2) is 13.1 Å². The number of halogens is 3. The first kappa shape index (κ1) is 22.3. The van der Waals surface area contributed by atoms with Crippen molar-refractivity contribution in [3.05, 3.63) is 65.2 Å². The third-order valence-electron chi connectivity index (χ3n) is 5.20. The van der Waals surface area contributed by atoms with E-state index in [2.05, 4.69) is 4.72 Å². The van der Waals surface area contributed by atoms with E-state index in [9.17, 15) is 26.4 Å². The van der Waals surface area contributed by atoms with Gasteiger partial charge in [-0.2, -0.15) is 13.2 Å². The predicted molar refractivity (Wildman–Crippen MR) is 106 cm³/mol. The lowest BCUT2D eigenvalue weighted by atomic mass is 10.0. The molecule has 0 aliphatic carbocycles. The summed E-state index contributed by atoms with van der Waals surface area (Å²) in [6.45, 7) is 2.64. The lowest BCUT2D eigenvalue weighted by molar-refractivity contribution is -0.137. The molecule has 5 nitrogen and oxygen atoms in total. The van der Waals surface area contributed by atoms with Gasteiger partial charge in [-0.1, -0.05) is 18.2 Å². The first-order valence-electron chi connectivity index (χ1n) is 9.65. The molecule has 2 aromatic carbocycles. The summed E-state index contributed by atoms with van der Waals surface area (Å²) in [5.74, 6) is -0.0571. The van der Waals surface area contributed by atoms with E-state index in [1.54, 1.807) is 24.3 Å². The summed E-state index contributed by atoms with van der Waals surface area (Å²) < 4.78 is 65.5. The second-order valence-corrected chi connectivity index (χ2v) is 9.16. The summed E-state index contributed by atoms with van der Waals surface area (Å²) in [4.78, 5) is 14.0. The zero-order chi connectivity index (χ0) is 21.9. The van der Waals surface area contributed by atoms with Crippen LogP contribution < -0.4 is 4.72 Å². The molecule has 2 aromatic rings. The monoisotopic (exact) mass is 440 g/mol. The largest absolute Gasteiger partial charge is 0.416 e. The third-order valence-corrected chi connectivity index (χ3v) is 6.60. The lowest BCUT2D eigenvalue weighted by Gasteiger charge is -2.33. The molecule has 1 amide bonds. The number of piperidine rings is 1. The Morgan fingerprint density at radius 1 is 1.13 bits per heavy atom. The first-order valence-corrected chi connectivity index (χ1v) is 11.1. The van der Waals surface area contributed by atoms with Crippen molar-refractivity contribution in [1.29, 1.82) is 0 Å². The Bertz CT molecular complexity index is 1000. The van der Waals surface area contributed by atoms with Crippen molar-refractivity contribution in [3.63, 3.8) is 0 Å². The topological polar surface area (TPSA) is 66.5 Å². The van der Waals surface area contributed by atoms with Gasteiger partial charge in [-0.05, 0) is 62.1 Å². The number of rotatable bonds is 5. The fourth-order valence-corrected chi connectivity index (χ4v) is 4.50. The highest BCUT2D eigenvalue weighted by Crippen LogP contribution is 2.30. The number of sulfonamides is 1. The van der Waals surface area contributed by atoms with E-state index in [4.69, 9.17) is 0 Å². The van der Waals surface area contributed by atoms with Crippen LogP contribution in [0, 0.1) is 0 Å². The molecular formula is C21H23F3N2O3S. The Hall–Kier alpha value is -2.39. The maximum atomic E-state index is 12.8. The first-order chi connectivity index (χ1) is 14.1. The molecular weight excluding hydrogens is 417 g/mol. The molecule has 1 N–H and O–H groups in total. The van der Waals surface area contributed by atoms with Gasteiger partial charge < -0.3 is 4.90 Å². The number of alkyl halides is 3. The molecule has 0 radical (unpaired) electrons. The predicted octanol–water partition coefficient (Wildman–Crippen LogP) is 4.20. The molecule has 0 saturated carbocycles. The van der Waals surface area contributed by atoms with Gasteiger partial charge in [0.1, 0.15) is 0 Å². The zero-order valence-electron chi connectivity index (χ0n) is 16.4.